The van der Waals surface area contributed by atoms with E-state index in [2.05, 4.69) is 5.32 Å². The Hall–Kier alpha value is -3.55. The van der Waals surface area contributed by atoms with E-state index in [1.807, 2.05) is 13.0 Å². The molecule has 8 heteroatoms. The summed E-state index contributed by atoms with van der Waals surface area (Å²) < 4.78 is 10.6. The second-order valence-corrected chi connectivity index (χ2v) is 7.79. The van der Waals surface area contributed by atoms with Crippen molar-refractivity contribution in [2.45, 2.75) is 31.8 Å². The van der Waals surface area contributed by atoms with E-state index in [1.54, 1.807) is 46.2 Å². The molecule has 0 spiro atoms. The number of nitrogens with zero attached hydrogens (tertiary/aromatic N) is 2. The van der Waals surface area contributed by atoms with Crippen molar-refractivity contribution in [1.82, 2.24) is 4.90 Å². The third kappa shape index (κ3) is 2.79. The van der Waals surface area contributed by atoms with Crippen molar-refractivity contribution in [2.75, 3.05) is 23.6 Å². The van der Waals surface area contributed by atoms with Crippen LogP contribution in [0, 0.1) is 0 Å². The van der Waals surface area contributed by atoms with E-state index in [-0.39, 0.29) is 37.5 Å². The van der Waals surface area contributed by atoms with Gasteiger partial charge in [0.25, 0.3) is 5.91 Å². The van der Waals surface area contributed by atoms with Gasteiger partial charge in [-0.05, 0) is 37.6 Å². The van der Waals surface area contributed by atoms with E-state index in [0.29, 0.717) is 41.3 Å². The molecule has 1 saturated heterocycles. The van der Waals surface area contributed by atoms with Gasteiger partial charge >= 0.3 is 0 Å². The lowest BCUT2D eigenvalue weighted by atomic mass is 9.98. The SMILES string of the molecule is CC12CCC(=O)N1c1ccccc1C(=O)N2CCC(=O)Nc1ccc2c(c1)OCO2. The summed E-state index contributed by atoms with van der Waals surface area (Å²) in [7, 11) is 0. The van der Waals surface area contributed by atoms with E-state index < -0.39 is 5.66 Å². The van der Waals surface area contributed by atoms with Crippen LogP contribution in [-0.2, 0) is 9.59 Å². The summed E-state index contributed by atoms with van der Waals surface area (Å²) in [6, 6.07) is 12.3. The third-order valence-electron chi connectivity index (χ3n) is 5.96. The van der Waals surface area contributed by atoms with Crippen LogP contribution in [0.3, 0.4) is 0 Å². The molecular formula is C22H21N3O5. The summed E-state index contributed by atoms with van der Waals surface area (Å²) in [4.78, 5) is 41.7. The first-order chi connectivity index (χ1) is 14.5. The smallest absolute Gasteiger partial charge is 0.257 e. The summed E-state index contributed by atoms with van der Waals surface area (Å²) in [5.74, 6) is 0.843. The van der Waals surface area contributed by atoms with Gasteiger partial charge in [-0.2, -0.15) is 0 Å². The number of amides is 3. The van der Waals surface area contributed by atoms with Crippen molar-refractivity contribution < 1.29 is 23.9 Å². The molecule has 154 valence electrons. The van der Waals surface area contributed by atoms with Crippen molar-refractivity contribution in [3.63, 3.8) is 0 Å². The number of para-hydroxylation sites is 1. The van der Waals surface area contributed by atoms with Crippen LogP contribution in [0.2, 0.25) is 0 Å². The normalized spacial score (nSPS) is 21.5. The van der Waals surface area contributed by atoms with Crippen LogP contribution in [0.1, 0.15) is 36.5 Å². The minimum absolute atomic E-state index is 0.00717. The van der Waals surface area contributed by atoms with Crippen molar-refractivity contribution in [3.05, 3.63) is 48.0 Å². The van der Waals surface area contributed by atoms with Crippen LogP contribution in [0.5, 0.6) is 11.5 Å². The van der Waals surface area contributed by atoms with E-state index in [9.17, 15) is 14.4 Å². The van der Waals surface area contributed by atoms with Gasteiger partial charge in [0.05, 0.1) is 11.3 Å². The van der Waals surface area contributed by atoms with E-state index >= 15 is 0 Å². The molecule has 1 atom stereocenters. The van der Waals surface area contributed by atoms with Crippen LogP contribution in [-0.4, -0.2) is 41.6 Å². The zero-order valence-corrected chi connectivity index (χ0v) is 16.5. The molecule has 3 amide bonds. The zero-order valence-electron chi connectivity index (χ0n) is 16.5. The summed E-state index contributed by atoms with van der Waals surface area (Å²) in [6.07, 6.45) is 1.02. The second kappa shape index (κ2) is 6.76. The summed E-state index contributed by atoms with van der Waals surface area (Å²) in [5, 5.41) is 2.83. The van der Waals surface area contributed by atoms with Crippen LogP contribution in [0.4, 0.5) is 11.4 Å². The van der Waals surface area contributed by atoms with Crippen molar-refractivity contribution in [2.24, 2.45) is 0 Å². The standard InChI is InChI=1S/C22H21N3O5/c1-22-10-8-20(27)25(22)16-5-3-2-4-15(16)21(28)24(22)11-9-19(26)23-14-6-7-17-18(12-14)30-13-29-17/h2-7,12H,8-11,13H2,1H3,(H,23,26). The van der Waals surface area contributed by atoms with Crippen LogP contribution < -0.4 is 19.7 Å². The molecule has 5 rings (SSSR count). The van der Waals surface area contributed by atoms with Gasteiger partial charge in [-0.25, -0.2) is 0 Å². The summed E-state index contributed by atoms with van der Waals surface area (Å²) >= 11 is 0. The fraction of sp³-hybridized carbons (Fsp3) is 0.318. The fourth-order valence-electron chi connectivity index (χ4n) is 4.45. The summed E-state index contributed by atoms with van der Waals surface area (Å²) in [5.41, 5.74) is 0.972. The van der Waals surface area contributed by atoms with E-state index in [1.165, 1.54) is 0 Å². The number of nitrogens with one attached hydrogen (secondary N) is 1. The number of benzene rings is 2. The molecule has 0 saturated carbocycles. The zero-order chi connectivity index (χ0) is 20.9. The maximum absolute atomic E-state index is 13.2. The second-order valence-electron chi connectivity index (χ2n) is 7.79. The average molecular weight is 407 g/mol. The van der Waals surface area contributed by atoms with Crippen molar-refractivity contribution in [3.8, 4) is 11.5 Å². The lowest BCUT2D eigenvalue weighted by Gasteiger charge is -2.48. The quantitative estimate of drug-likeness (QED) is 0.842. The number of rotatable bonds is 4. The molecular weight excluding hydrogens is 386 g/mol. The molecule has 3 aliphatic heterocycles. The number of carbonyl (C=O) groups excluding carboxylic acids is 3. The van der Waals surface area contributed by atoms with Gasteiger partial charge in [0.15, 0.2) is 11.5 Å². The van der Waals surface area contributed by atoms with Gasteiger partial charge in [0, 0.05) is 31.1 Å². The van der Waals surface area contributed by atoms with E-state index in [0.717, 1.165) is 0 Å². The maximum atomic E-state index is 13.2. The molecule has 0 bridgehead atoms. The highest BCUT2D eigenvalue weighted by molar-refractivity contribution is 6.10. The van der Waals surface area contributed by atoms with Gasteiger partial charge < -0.3 is 19.7 Å². The number of ether oxygens (including phenoxy) is 2. The highest BCUT2D eigenvalue weighted by Gasteiger charge is 2.52. The number of hydrogen-bond acceptors (Lipinski definition) is 5. The average Bonchev–Trinajstić information content (AvgIpc) is 3.32. The summed E-state index contributed by atoms with van der Waals surface area (Å²) in [6.45, 7) is 2.27. The molecule has 0 radical (unpaired) electrons. The lowest BCUT2D eigenvalue weighted by molar-refractivity contribution is -0.117. The molecule has 2 aromatic rings. The third-order valence-corrected chi connectivity index (χ3v) is 5.96. The number of anilines is 2. The first-order valence-corrected chi connectivity index (χ1v) is 9.91. The fourth-order valence-corrected chi connectivity index (χ4v) is 4.45. The molecule has 0 aliphatic carbocycles. The Morgan fingerprint density at radius 3 is 2.80 bits per heavy atom. The highest BCUT2D eigenvalue weighted by Crippen LogP contribution is 2.44. The Bertz CT molecular complexity index is 1070. The van der Waals surface area contributed by atoms with Crippen molar-refractivity contribution in [1.29, 1.82) is 0 Å². The number of fused-ring (bicyclic) bond motifs is 4. The maximum Gasteiger partial charge on any atom is 0.257 e. The Kier molecular flexibility index (Phi) is 4.16. The minimum Gasteiger partial charge on any atom is -0.454 e. The first kappa shape index (κ1) is 18.5. The molecule has 8 nitrogen and oxygen atoms in total. The molecule has 30 heavy (non-hydrogen) atoms. The highest BCUT2D eigenvalue weighted by atomic mass is 16.7. The van der Waals surface area contributed by atoms with Gasteiger partial charge in [-0.3, -0.25) is 19.3 Å². The Balaban J connectivity index is 1.33. The Morgan fingerprint density at radius 2 is 1.93 bits per heavy atom. The van der Waals surface area contributed by atoms with Crippen LogP contribution in [0.15, 0.2) is 42.5 Å². The topological polar surface area (TPSA) is 88.2 Å². The number of hydrogen-bond donors (Lipinski definition) is 1. The molecule has 3 aliphatic rings. The monoisotopic (exact) mass is 407 g/mol. The molecule has 1 N–H and O–H groups in total. The Morgan fingerprint density at radius 1 is 1.13 bits per heavy atom. The minimum atomic E-state index is -0.762. The molecule has 1 unspecified atom stereocenters. The van der Waals surface area contributed by atoms with Crippen molar-refractivity contribution >= 4 is 29.1 Å². The van der Waals surface area contributed by atoms with Crippen LogP contribution in [0.25, 0.3) is 0 Å². The van der Waals surface area contributed by atoms with E-state index in [4.69, 9.17) is 9.47 Å². The van der Waals surface area contributed by atoms with Gasteiger partial charge in [-0.15, -0.1) is 0 Å². The largest absolute Gasteiger partial charge is 0.454 e. The van der Waals surface area contributed by atoms with Gasteiger partial charge in [0.1, 0.15) is 5.66 Å². The predicted octanol–water partition coefficient (Wildman–Crippen LogP) is 2.74. The van der Waals surface area contributed by atoms with Crippen LogP contribution >= 0.6 is 0 Å². The molecule has 2 aromatic carbocycles. The molecule has 3 heterocycles. The number of carbonyl (C=O) groups is 3. The molecule has 1 fully saturated rings. The van der Waals surface area contributed by atoms with Gasteiger partial charge in [-0.1, -0.05) is 12.1 Å². The lowest BCUT2D eigenvalue weighted by Crippen LogP contribution is -2.62. The predicted molar refractivity (Wildman–Crippen MR) is 108 cm³/mol. The first-order valence-electron chi connectivity index (χ1n) is 9.91. The Labute approximate surface area is 173 Å². The molecule has 0 aromatic heterocycles. The van der Waals surface area contributed by atoms with Gasteiger partial charge in [0.2, 0.25) is 18.6 Å².